The molecule has 0 saturated heterocycles. The summed E-state index contributed by atoms with van der Waals surface area (Å²) >= 11 is 3.18. The van der Waals surface area contributed by atoms with Crippen LogP contribution in [0.15, 0.2) is 22.5 Å². The molecule has 1 unspecified atom stereocenters. The van der Waals surface area contributed by atoms with Gasteiger partial charge in [-0.25, -0.2) is 9.59 Å². The second-order valence-electron chi connectivity index (χ2n) is 7.85. The van der Waals surface area contributed by atoms with Crippen molar-refractivity contribution in [1.82, 2.24) is 10.2 Å². The number of ether oxygens (including phenoxy) is 4. The number of amides is 2. The molecule has 2 N–H and O–H groups in total. The van der Waals surface area contributed by atoms with Gasteiger partial charge in [0.1, 0.15) is 9.88 Å². The smallest absolute Gasteiger partial charge is 0.348 e. The largest absolute Gasteiger partial charge is 0.462 e. The first kappa shape index (κ1) is 28.3. The predicted octanol–water partition coefficient (Wildman–Crippen LogP) is 4.36. The Kier molecular flexibility index (Phi) is 9.04. The van der Waals surface area contributed by atoms with E-state index in [9.17, 15) is 19.2 Å². The third-order valence-electron chi connectivity index (χ3n) is 5.23. The van der Waals surface area contributed by atoms with E-state index in [1.54, 1.807) is 45.9 Å². The lowest BCUT2D eigenvalue weighted by Gasteiger charge is -2.10. The Labute approximate surface area is 235 Å². The molecule has 2 amide bonds. The summed E-state index contributed by atoms with van der Waals surface area (Å²) < 4.78 is 21.2. The number of aromatic nitrogens is 2. The summed E-state index contributed by atoms with van der Waals surface area (Å²) in [6.45, 7) is 7.00. The van der Waals surface area contributed by atoms with Gasteiger partial charge in [0.15, 0.2) is 15.8 Å². The van der Waals surface area contributed by atoms with Crippen LogP contribution in [-0.2, 0) is 14.3 Å². The van der Waals surface area contributed by atoms with Crippen LogP contribution in [0.5, 0.6) is 11.5 Å². The minimum Gasteiger partial charge on any atom is -0.462 e. The maximum absolute atomic E-state index is 13.0. The van der Waals surface area contributed by atoms with Gasteiger partial charge in [0.2, 0.25) is 17.8 Å². The number of esters is 2. The Morgan fingerprint density at radius 3 is 2.49 bits per heavy atom. The van der Waals surface area contributed by atoms with Crippen molar-refractivity contribution in [2.24, 2.45) is 0 Å². The van der Waals surface area contributed by atoms with Crippen molar-refractivity contribution in [3.05, 3.63) is 39.8 Å². The van der Waals surface area contributed by atoms with Crippen LogP contribution in [0.2, 0.25) is 0 Å². The molecule has 1 aliphatic rings. The highest BCUT2D eigenvalue weighted by atomic mass is 32.2. The van der Waals surface area contributed by atoms with Gasteiger partial charge in [-0.3, -0.25) is 14.9 Å². The molecular formula is C24H24N4O8S3. The van der Waals surface area contributed by atoms with Crippen molar-refractivity contribution in [2.75, 3.05) is 30.6 Å². The molecule has 3 aromatic rings. The number of carbonyl (C=O) groups excluding carboxylic acids is 4. The molecule has 12 nitrogen and oxygen atoms in total. The lowest BCUT2D eigenvalue weighted by molar-refractivity contribution is -0.115. The molecule has 0 saturated carbocycles. The second-order valence-corrected chi connectivity index (χ2v) is 11.4. The van der Waals surface area contributed by atoms with Crippen LogP contribution < -0.4 is 20.1 Å². The molecule has 39 heavy (non-hydrogen) atoms. The maximum atomic E-state index is 13.0. The molecule has 4 rings (SSSR count). The fraction of sp³-hybridized carbons (Fsp3) is 0.333. The number of hydrogen-bond acceptors (Lipinski definition) is 13. The first-order valence-electron chi connectivity index (χ1n) is 11.7. The number of nitrogens with one attached hydrogen (secondary N) is 2. The van der Waals surface area contributed by atoms with Gasteiger partial charge >= 0.3 is 11.9 Å². The summed E-state index contributed by atoms with van der Waals surface area (Å²) in [7, 11) is 0. The molecular weight excluding hydrogens is 568 g/mol. The van der Waals surface area contributed by atoms with Gasteiger partial charge in [-0.1, -0.05) is 23.1 Å². The minimum absolute atomic E-state index is 0.103. The zero-order valence-electron chi connectivity index (χ0n) is 21.3. The van der Waals surface area contributed by atoms with E-state index in [0.29, 0.717) is 27.0 Å². The summed E-state index contributed by atoms with van der Waals surface area (Å²) in [5.74, 6) is -1.01. The third kappa shape index (κ3) is 6.49. The van der Waals surface area contributed by atoms with Crippen molar-refractivity contribution in [3.63, 3.8) is 0 Å². The maximum Gasteiger partial charge on any atom is 0.348 e. The zero-order valence-corrected chi connectivity index (χ0v) is 23.8. The number of thiophene rings is 1. The standard InChI is InChI=1S/C24H24N4O8S3/c1-5-33-21(31)16-11(3)17(22(32)34-6-2)38-20(16)25-18(29)12(4)37-24-28-27-23(39-24)26-19(30)13-7-8-14-15(9-13)36-10-35-14/h7-9,12H,5-6,10H2,1-4H3,(H,25,29)(H,26,27,30). The number of anilines is 2. The zero-order chi connectivity index (χ0) is 28.1. The topological polar surface area (TPSA) is 155 Å². The highest BCUT2D eigenvalue weighted by Crippen LogP contribution is 2.36. The normalized spacial score (nSPS) is 12.5. The SMILES string of the molecule is CCOC(=O)c1sc(NC(=O)C(C)Sc2nnc(NC(=O)c3ccc4c(c3)OCO4)s2)c(C(=O)OCC)c1C. The van der Waals surface area contributed by atoms with Crippen LogP contribution in [0, 0.1) is 6.92 Å². The molecule has 0 radical (unpaired) electrons. The monoisotopic (exact) mass is 592 g/mol. The van der Waals surface area contributed by atoms with Crippen LogP contribution >= 0.6 is 34.4 Å². The van der Waals surface area contributed by atoms with E-state index < -0.39 is 29.0 Å². The summed E-state index contributed by atoms with van der Waals surface area (Å²) in [6.07, 6.45) is 0. The molecule has 1 aromatic carbocycles. The average Bonchev–Trinajstić information content (AvgIpc) is 3.62. The van der Waals surface area contributed by atoms with E-state index in [0.717, 1.165) is 34.4 Å². The molecule has 0 aliphatic carbocycles. The van der Waals surface area contributed by atoms with Crippen molar-refractivity contribution >= 4 is 68.3 Å². The van der Waals surface area contributed by atoms with Crippen LogP contribution in [-0.4, -0.2) is 59.2 Å². The number of thioether (sulfide) groups is 1. The van der Waals surface area contributed by atoms with Gasteiger partial charge in [-0.05, 0) is 51.5 Å². The number of hydrogen-bond donors (Lipinski definition) is 2. The molecule has 0 bridgehead atoms. The predicted molar refractivity (Wildman–Crippen MR) is 145 cm³/mol. The Balaban J connectivity index is 1.41. The van der Waals surface area contributed by atoms with Gasteiger partial charge in [0, 0.05) is 5.56 Å². The quantitative estimate of drug-likeness (QED) is 0.196. The first-order valence-corrected chi connectivity index (χ1v) is 14.2. The lowest BCUT2D eigenvalue weighted by Crippen LogP contribution is -2.23. The molecule has 0 spiro atoms. The van der Waals surface area contributed by atoms with Gasteiger partial charge in [0.25, 0.3) is 5.91 Å². The van der Waals surface area contributed by atoms with E-state index >= 15 is 0 Å². The second kappa shape index (κ2) is 12.4. The van der Waals surface area contributed by atoms with E-state index in [-0.39, 0.29) is 40.6 Å². The first-order chi connectivity index (χ1) is 18.7. The van der Waals surface area contributed by atoms with Gasteiger partial charge in [0.05, 0.1) is 24.0 Å². The molecule has 1 atom stereocenters. The summed E-state index contributed by atoms with van der Waals surface area (Å²) in [6, 6.07) is 4.83. The number of fused-ring (bicyclic) bond motifs is 1. The average molecular weight is 593 g/mol. The van der Waals surface area contributed by atoms with Crippen molar-refractivity contribution in [2.45, 2.75) is 37.3 Å². The molecule has 206 valence electrons. The van der Waals surface area contributed by atoms with Crippen molar-refractivity contribution in [3.8, 4) is 11.5 Å². The van der Waals surface area contributed by atoms with Gasteiger partial charge < -0.3 is 24.3 Å². The Bertz CT molecular complexity index is 1420. The van der Waals surface area contributed by atoms with E-state index in [4.69, 9.17) is 18.9 Å². The number of nitrogens with zero attached hydrogens (tertiary/aromatic N) is 2. The van der Waals surface area contributed by atoms with Gasteiger partial charge in [-0.2, -0.15) is 0 Å². The molecule has 15 heteroatoms. The third-order valence-corrected chi connectivity index (χ3v) is 8.44. The summed E-state index contributed by atoms with van der Waals surface area (Å²) in [4.78, 5) is 50.7. The molecule has 2 aromatic heterocycles. The summed E-state index contributed by atoms with van der Waals surface area (Å²) in [5, 5.41) is 13.2. The number of carbonyl (C=O) groups is 4. The van der Waals surface area contributed by atoms with E-state index in [1.807, 2.05) is 0 Å². The lowest BCUT2D eigenvalue weighted by atomic mass is 10.1. The fourth-order valence-electron chi connectivity index (χ4n) is 3.38. The fourth-order valence-corrected chi connectivity index (χ4v) is 6.36. The number of benzene rings is 1. The van der Waals surface area contributed by atoms with Crippen LogP contribution in [0.1, 0.15) is 56.7 Å². The molecule has 3 heterocycles. The van der Waals surface area contributed by atoms with Gasteiger partial charge in [-0.15, -0.1) is 21.5 Å². The van der Waals surface area contributed by atoms with Crippen LogP contribution in [0.25, 0.3) is 0 Å². The van der Waals surface area contributed by atoms with Crippen LogP contribution in [0.4, 0.5) is 10.1 Å². The van der Waals surface area contributed by atoms with Crippen molar-refractivity contribution < 1.29 is 38.1 Å². The Morgan fingerprint density at radius 2 is 1.74 bits per heavy atom. The van der Waals surface area contributed by atoms with E-state index in [2.05, 4.69) is 20.8 Å². The van der Waals surface area contributed by atoms with Crippen LogP contribution in [0.3, 0.4) is 0 Å². The molecule has 1 aliphatic heterocycles. The Hall–Kier alpha value is -3.69. The minimum atomic E-state index is -0.654. The Morgan fingerprint density at radius 1 is 1.03 bits per heavy atom. The highest BCUT2D eigenvalue weighted by Gasteiger charge is 2.29. The van der Waals surface area contributed by atoms with E-state index in [1.165, 1.54) is 0 Å². The summed E-state index contributed by atoms with van der Waals surface area (Å²) in [5.41, 5.74) is 0.849. The highest BCUT2D eigenvalue weighted by molar-refractivity contribution is 8.02. The number of rotatable bonds is 10. The van der Waals surface area contributed by atoms with Crippen molar-refractivity contribution in [1.29, 1.82) is 0 Å². The molecule has 0 fully saturated rings.